The largest absolute Gasteiger partial charge is 0.497 e. The highest BCUT2D eigenvalue weighted by Gasteiger charge is 2.14. The van der Waals surface area contributed by atoms with Crippen molar-refractivity contribution in [3.8, 4) is 22.8 Å². The third-order valence-corrected chi connectivity index (χ3v) is 3.20. The Morgan fingerprint density at radius 1 is 1.25 bits per heavy atom. The van der Waals surface area contributed by atoms with Gasteiger partial charge in [0.25, 0.3) is 5.56 Å². The molecular weight excluding hydrogens is 256 g/mol. The number of methoxy groups -OCH3 is 2. The zero-order valence-corrected chi connectivity index (χ0v) is 12.1. The Kier molecular flexibility index (Phi) is 4.08. The van der Waals surface area contributed by atoms with Crippen molar-refractivity contribution < 1.29 is 9.47 Å². The zero-order valence-electron chi connectivity index (χ0n) is 12.1. The van der Waals surface area contributed by atoms with Crippen molar-refractivity contribution in [1.82, 2.24) is 9.97 Å². The van der Waals surface area contributed by atoms with E-state index < -0.39 is 0 Å². The molecule has 106 valence electrons. The highest BCUT2D eigenvalue weighted by atomic mass is 16.5. The summed E-state index contributed by atoms with van der Waals surface area (Å²) in [5.74, 6) is 2.01. The average molecular weight is 274 g/mol. The zero-order chi connectivity index (χ0) is 14.7. The van der Waals surface area contributed by atoms with Crippen molar-refractivity contribution in [2.24, 2.45) is 0 Å². The van der Waals surface area contributed by atoms with Gasteiger partial charge in [0, 0.05) is 17.5 Å². The smallest absolute Gasteiger partial charge is 0.254 e. The molecule has 1 aromatic heterocycles. The molecule has 5 nitrogen and oxygen atoms in total. The van der Waals surface area contributed by atoms with Crippen molar-refractivity contribution in [3.63, 3.8) is 0 Å². The van der Waals surface area contributed by atoms with Crippen molar-refractivity contribution in [1.29, 1.82) is 0 Å². The number of aryl methyl sites for hydroxylation is 1. The third kappa shape index (κ3) is 2.52. The number of hydrogen-bond donors (Lipinski definition) is 1. The van der Waals surface area contributed by atoms with Crippen LogP contribution in [0, 0.1) is 6.92 Å². The number of aromatic nitrogens is 2. The van der Waals surface area contributed by atoms with Crippen LogP contribution >= 0.6 is 0 Å². The number of hydrogen-bond acceptors (Lipinski definition) is 4. The van der Waals surface area contributed by atoms with Crippen LogP contribution in [0.25, 0.3) is 11.3 Å². The fourth-order valence-electron chi connectivity index (χ4n) is 2.01. The summed E-state index contributed by atoms with van der Waals surface area (Å²) < 4.78 is 10.6. The fourth-order valence-corrected chi connectivity index (χ4v) is 2.01. The summed E-state index contributed by atoms with van der Waals surface area (Å²) in [7, 11) is 3.19. The monoisotopic (exact) mass is 274 g/mol. The molecule has 0 aliphatic heterocycles. The first-order chi connectivity index (χ1) is 9.60. The van der Waals surface area contributed by atoms with Gasteiger partial charge in [-0.1, -0.05) is 6.92 Å². The topological polar surface area (TPSA) is 64.2 Å². The first-order valence-electron chi connectivity index (χ1n) is 6.42. The van der Waals surface area contributed by atoms with E-state index in [0.29, 0.717) is 35.0 Å². The molecular formula is C15H18N2O3. The van der Waals surface area contributed by atoms with Gasteiger partial charge < -0.3 is 14.5 Å². The normalized spacial score (nSPS) is 10.4. The Balaban J connectivity index is 2.72. The molecule has 20 heavy (non-hydrogen) atoms. The van der Waals surface area contributed by atoms with Crippen molar-refractivity contribution >= 4 is 0 Å². The van der Waals surface area contributed by atoms with E-state index in [-0.39, 0.29) is 5.56 Å². The lowest BCUT2D eigenvalue weighted by Crippen LogP contribution is -2.16. The number of benzene rings is 1. The van der Waals surface area contributed by atoms with Crippen molar-refractivity contribution in [3.05, 3.63) is 39.9 Å². The van der Waals surface area contributed by atoms with Crippen LogP contribution in [0.2, 0.25) is 0 Å². The van der Waals surface area contributed by atoms with Gasteiger partial charge >= 0.3 is 0 Å². The van der Waals surface area contributed by atoms with Gasteiger partial charge in [-0.3, -0.25) is 4.79 Å². The highest BCUT2D eigenvalue weighted by molar-refractivity contribution is 5.71. The van der Waals surface area contributed by atoms with Gasteiger partial charge in [0.1, 0.15) is 17.3 Å². The first kappa shape index (κ1) is 14.1. The second-order valence-electron chi connectivity index (χ2n) is 4.41. The molecule has 1 N–H and O–H groups in total. The van der Waals surface area contributed by atoms with Crippen LogP contribution in [0.1, 0.15) is 18.3 Å². The Morgan fingerprint density at radius 3 is 2.60 bits per heavy atom. The maximum absolute atomic E-state index is 12.0. The molecule has 0 atom stereocenters. The van der Waals surface area contributed by atoms with Crippen LogP contribution in [-0.2, 0) is 6.42 Å². The Morgan fingerprint density at radius 2 is 2.00 bits per heavy atom. The lowest BCUT2D eigenvalue weighted by atomic mass is 10.1. The van der Waals surface area contributed by atoms with Gasteiger partial charge in [-0.05, 0) is 25.1 Å². The molecule has 0 radical (unpaired) electrons. The molecule has 0 saturated carbocycles. The van der Waals surface area contributed by atoms with Gasteiger partial charge in [-0.15, -0.1) is 0 Å². The van der Waals surface area contributed by atoms with E-state index >= 15 is 0 Å². The molecule has 2 aromatic rings. The SMILES string of the molecule is CCc1nc(-c2cc(OC)ccc2OC)c(C)c(=O)[nH]1. The number of aromatic amines is 1. The van der Waals surface area contributed by atoms with Crippen LogP contribution in [-0.4, -0.2) is 24.2 Å². The third-order valence-electron chi connectivity index (χ3n) is 3.20. The molecule has 0 amide bonds. The molecule has 0 aliphatic carbocycles. The summed E-state index contributed by atoms with van der Waals surface area (Å²) in [6.45, 7) is 3.69. The predicted octanol–water partition coefficient (Wildman–Crippen LogP) is 2.32. The molecule has 1 aromatic carbocycles. The second kappa shape index (κ2) is 5.77. The number of nitrogens with one attached hydrogen (secondary N) is 1. The summed E-state index contributed by atoms with van der Waals surface area (Å²) >= 11 is 0. The molecule has 1 heterocycles. The maximum atomic E-state index is 12.0. The van der Waals surface area contributed by atoms with Gasteiger partial charge in [-0.25, -0.2) is 4.98 Å². The number of H-pyrrole nitrogens is 1. The molecule has 0 aliphatic rings. The molecule has 0 unspecified atom stereocenters. The summed E-state index contributed by atoms with van der Waals surface area (Å²) in [5, 5.41) is 0. The van der Waals surface area contributed by atoms with Crippen LogP contribution in [0.3, 0.4) is 0 Å². The van der Waals surface area contributed by atoms with E-state index in [4.69, 9.17) is 9.47 Å². The van der Waals surface area contributed by atoms with E-state index in [9.17, 15) is 4.79 Å². The van der Waals surface area contributed by atoms with Crippen LogP contribution < -0.4 is 15.0 Å². The van der Waals surface area contributed by atoms with E-state index in [1.54, 1.807) is 21.1 Å². The van der Waals surface area contributed by atoms with Gasteiger partial charge in [0.2, 0.25) is 0 Å². The van der Waals surface area contributed by atoms with E-state index in [1.165, 1.54) is 0 Å². The van der Waals surface area contributed by atoms with Crippen LogP contribution in [0.15, 0.2) is 23.0 Å². The lowest BCUT2D eigenvalue weighted by Gasteiger charge is -2.12. The Labute approximate surface area is 117 Å². The molecule has 0 saturated heterocycles. The molecule has 5 heteroatoms. The second-order valence-corrected chi connectivity index (χ2v) is 4.41. The summed E-state index contributed by atoms with van der Waals surface area (Å²) in [6.07, 6.45) is 0.662. The minimum atomic E-state index is -0.128. The molecule has 2 rings (SSSR count). The molecule has 0 bridgehead atoms. The van der Waals surface area contributed by atoms with Gasteiger partial charge in [0.05, 0.1) is 19.9 Å². The maximum Gasteiger partial charge on any atom is 0.254 e. The minimum Gasteiger partial charge on any atom is -0.497 e. The van der Waals surface area contributed by atoms with Gasteiger partial charge in [-0.2, -0.15) is 0 Å². The van der Waals surface area contributed by atoms with Gasteiger partial charge in [0.15, 0.2) is 0 Å². The first-order valence-corrected chi connectivity index (χ1v) is 6.42. The standard InChI is InChI=1S/C15H18N2O3/c1-5-13-16-14(9(2)15(18)17-13)11-8-10(19-3)6-7-12(11)20-4/h6-8H,5H2,1-4H3,(H,16,17,18). The van der Waals surface area contributed by atoms with E-state index in [1.807, 2.05) is 25.1 Å². The van der Waals surface area contributed by atoms with E-state index in [2.05, 4.69) is 9.97 Å². The highest BCUT2D eigenvalue weighted by Crippen LogP contribution is 2.33. The summed E-state index contributed by atoms with van der Waals surface area (Å²) in [5.41, 5.74) is 1.82. The molecule has 0 spiro atoms. The minimum absolute atomic E-state index is 0.128. The van der Waals surface area contributed by atoms with Crippen molar-refractivity contribution in [2.45, 2.75) is 20.3 Å². The Bertz CT molecular complexity index is 677. The quantitative estimate of drug-likeness (QED) is 0.929. The average Bonchev–Trinajstić information content (AvgIpc) is 2.49. The van der Waals surface area contributed by atoms with E-state index in [0.717, 1.165) is 5.56 Å². The Hall–Kier alpha value is -2.30. The predicted molar refractivity (Wildman–Crippen MR) is 77.5 cm³/mol. The number of nitrogens with zero attached hydrogens (tertiary/aromatic N) is 1. The summed E-state index contributed by atoms with van der Waals surface area (Å²) in [4.78, 5) is 19.3. The number of rotatable bonds is 4. The fraction of sp³-hybridized carbons (Fsp3) is 0.333. The molecule has 0 fully saturated rings. The lowest BCUT2D eigenvalue weighted by molar-refractivity contribution is 0.404. The van der Waals surface area contributed by atoms with Crippen LogP contribution in [0.5, 0.6) is 11.5 Å². The summed E-state index contributed by atoms with van der Waals surface area (Å²) in [6, 6.07) is 5.45. The van der Waals surface area contributed by atoms with Crippen LogP contribution in [0.4, 0.5) is 0 Å². The number of ether oxygens (including phenoxy) is 2. The van der Waals surface area contributed by atoms with Crippen molar-refractivity contribution in [2.75, 3.05) is 14.2 Å².